The number of benzene rings is 1. The molecule has 0 amide bonds. The van der Waals surface area contributed by atoms with E-state index in [-0.39, 0.29) is 5.78 Å². The largest absolute Gasteiger partial charge is 0.383 e. The van der Waals surface area contributed by atoms with Crippen LogP contribution in [0.4, 0.5) is 5.82 Å². The fourth-order valence-electron chi connectivity index (χ4n) is 2.63. The maximum Gasteiger partial charge on any atom is 0.164 e. The van der Waals surface area contributed by atoms with Gasteiger partial charge in [0.2, 0.25) is 0 Å². The molecule has 0 spiro atoms. The smallest absolute Gasteiger partial charge is 0.164 e. The molecule has 0 unspecified atom stereocenters. The summed E-state index contributed by atoms with van der Waals surface area (Å²) in [4.78, 5) is 21.6. The first-order valence-electron chi connectivity index (χ1n) is 7.84. The highest BCUT2D eigenvalue weighted by Gasteiger charge is 2.13. The summed E-state index contributed by atoms with van der Waals surface area (Å²) < 4.78 is 0.684. The summed E-state index contributed by atoms with van der Waals surface area (Å²) >= 11 is 7.38. The van der Waals surface area contributed by atoms with E-state index in [4.69, 9.17) is 17.3 Å². The normalized spacial score (nSPS) is 11.8. The third kappa shape index (κ3) is 4.06. The third-order valence-corrected chi connectivity index (χ3v) is 5.13. The Balaban J connectivity index is 1.63. The van der Waals surface area contributed by atoms with Crippen LogP contribution < -0.4 is 5.73 Å². The van der Waals surface area contributed by atoms with Crippen molar-refractivity contribution in [3.8, 4) is 0 Å². The first kappa shape index (κ1) is 17.6. The molecule has 0 atom stereocenters. The Morgan fingerprint density at radius 1 is 1.28 bits per heavy atom. The van der Waals surface area contributed by atoms with Crippen molar-refractivity contribution in [2.45, 2.75) is 19.8 Å². The molecule has 0 saturated carbocycles. The number of hydrogen-bond acceptors (Lipinski definition) is 5. The number of ketones is 1. The van der Waals surface area contributed by atoms with Crippen LogP contribution in [0.25, 0.3) is 16.5 Å². The van der Waals surface area contributed by atoms with Crippen molar-refractivity contribution in [3.63, 3.8) is 0 Å². The van der Waals surface area contributed by atoms with E-state index in [1.165, 1.54) is 17.7 Å². The van der Waals surface area contributed by atoms with Gasteiger partial charge in [0, 0.05) is 22.3 Å². The van der Waals surface area contributed by atoms with Crippen LogP contribution in [-0.4, -0.2) is 15.8 Å². The number of halogens is 1. The molecule has 3 rings (SSSR count). The van der Waals surface area contributed by atoms with E-state index >= 15 is 0 Å². The van der Waals surface area contributed by atoms with Crippen molar-refractivity contribution in [1.29, 1.82) is 0 Å². The minimum absolute atomic E-state index is 0.0911. The minimum atomic E-state index is 0.0911. The van der Waals surface area contributed by atoms with Crippen molar-refractivity contribution in [1.82, 2.24) is 9.97 Å². The number of carbonyl (C=O) groups is 1. The number of aromatic nitrogens is 2. The summed E-state index contributed by atoms with van der Waals surface area (Å²) in [6, 6.07) is 9.57. The molecular weight excluding hydrogens is 354 g/mol. The van der Waals surface area contributed by atoms with E-state index in [0.717, 1.165) is 21.3 Å². The second kappa shape index (κ2) is 7.76. The molecule has 0 bridgehead atoms. The lowest BCUT2D eigenvalue weighted by Gasteiger charge is -2.06. The molecule has 1 aromatic carbocycles. The highest BCUT2D eigenvalue weighted by molar-refractivity contribution is 7.17. The van der Waals surface area contributed by atoms with Crippen LogP contribution >= 0.6 is 22.9 Å². The third-order valence-electron chi connectivity index (χ3n) is 3.87. The number of rotatable bonds is 6. The number of fused-ring (bicyclic) bond motifs is 1. The molecule has 25 heavy (non-hydrogen) atoms. The van der Waals surface area contributed by atoms with Crippen LogP contribution in [0.2, 0.25) is 4.34 Å². The summed E-state index contributed by atoms with van der Waals surface area (Å²) in [5.74, 6) is 0.566. The number of Topliss-reactive ketones (excluding diaryl/α,β-unsaturated/α-hetero) is 1. The number of anilines is 1. The van der Waals surface area contributed by atoms with Gasteiger partial charge in [-0.2, -0.15) is 0 Å². The van der Waals surface area contributed by atoms with Gasteiger partial charge in [0.25, 0.3) is 0 Å². The predicted molar refractivity (Wildman–Crippen MR) is 105 cm³/mol. The van der Waals surface area contributed by atoms with Crippen molar-refractivity contribution in [2.75, 3.05) is 5.73 Å². The predicted octanol–water partition coefficient (Wildman–Crippen LogP) is 4.74. The van der Waals surface area contributed by atoms with E-state index in [2.05, 4.69) is 9.97 Å². The van der Waals surface area contributed by atoms with Crippen molar-refractivity contribution < 1.29 is 4.79 Å². The first-order valence-corrected chi connectivity index (χ1v) is 9.04. The van der Waals surface area contributed by atoms with Crippen molar-refractivity contribution in [3.05, 3.63) is 63.9 Å². The quantitative estimate of drug-likeness (QED) is 0.636. The van der Waals surface area contributed by atoms with Gasteiger partial charge in [-0.25, -0.2) is 9.97 Å². The fourth-order valence-corrected chi connectivity index (χ4v) is 3.77. The SMILES string of the molecule is CC=C(C(=O)C[CH]Cc1ccc2c(N)ncnc2c1)c1ccc(Cl)s1. The van der Waals surface area contributed by atoms with Gasteiger partial charge in [0.1, 0.15) is 12.1 Å². The van der Waals surface area contributed by atoms with Gasteiger partial charge in [-0.1, -0.05) is 23.7 Å². The topological polar surface area (TPSA) is 68.9 Å². The summed E-state index contributed by atoms with van der Waals surface area (Å²) in [6.07, 6.45) is 6.34. The monoisotopic (exact) mass is 370 g/mol. The maximum atomic E-state index is 12.5. The zero-order valence-corrected chi connectivity index (χ0v) is 15.3. The van der Waals surface area contributed by atoms with E-state index in [1.54, 1.807) is 0 Å². The number of nitrogen functional groups attached to an aromatic ring is 1. The molecule has 0 fully saturated rings. The van der Waals surface area contributed by atoms with Crippen LogP contribution in [-0.2, 0) is 11.2 Å². The highest BCUT2D eigenvalue weighted by atomic mass is 35.5. The fraction of sp³-hybridized carbons (Fsp3) is 0.158. The molecule has 0 aliphatic carbocycles. The Labute approximate surface area is 155 Å². The molecule has 1 radical (unpaired) electrons. The average molecular weight is 371 g/mol. The number of carbonyl (C=O) groups excluding carboxylic acids is 1. The summed E-state index contributed by atoms with van der Waals surface area (Å²) in [5.41, 5.74) is 8.44. The second-order valence-electron chi connectivity index (χ2n) is 5.54. The maximum absolute atomic E-state index is 12.5. The Bertz CT molecular complexity index is 949. The summed E-state index contributed by atoms with van der Waals surface area (Å²) in [6.45, 7) is 1.87. The van der Waals surface area contributed by atoms with E-state index in [1.807, 2.05) is 49.8 Å². The zero-order valence-electron chi connectivity index (χ0n) is 13.7. The molecule has 4 nitrogen and oxygen atoms in total. The van der Waals surface area contributed by atoms with E-state index in [9.17, 15) is 4.79 Å². The van der Waals surface area contributed by atoms with Gasteiger partial charge in [-0.3, -0.25) is 4.79 Å². The van der Waals surface area contributed by atoms with E-state index in [0.29, 0.717) is 28.6 Å². The van der Waals surface area contributed by atoms with Gasteiger partial charge < -0.3 is 5.73 Å². The van der Waals surface area contributed by atoms with Crippen LogP contribution in [0.3, 0.4) is 0 Å². The van der Waals surface area contributed by atoms with Gasteiger partial charge in [0.15, 0.2) is 5.78 Å². The van der Waals surface area contributed by atoms with E-state index < -0.39 is 0 Å². The lowest BCUT2D eigenvalue weighted by Crippen LogP contribution is -2.02. The standard InChI is InChI=1S/C19H17ClN3OS/c1-2-13(17-8-9-18(20)25-17)16(24)5-3-4-12-6-7-14-15(10-12)22-11-23-19(14)21/h2-3,6-11H,4-5H2,1H3,(H2,21,22,23). The molecule has 6 heteroatoms. The number of allylic oxidation sites excluding steroid dienone is 2. The van der Waals surface area contributed by atoms with Crippen molar-refractivity contribution in [2.24, 2.45) is 0 Å². The Morgan fingerprint density at radius 3 is 2.84 bits per heavy atom. The van der Waals surface area contributed by atoms with Gasteiger partial charge >= 0.3 is 0 Å². The van der Waals surface area contributed by atoms with Gasteiger partial charge in [-0.15, -0.1) is 11.3 Å². The molecule has 0 aliphatic rings. The highest BCUT2D eigenvalue weighted by Crippen LogP contribution is 2.29. The number of thiophene rings is 1. The van der Waals surface area contributed by atoms with Crippen LogP contribution in [0.1, 0.15) is 23.8 Å². The zero-order chi connectivity index (χ0) is 17.8. The molecule has 2 aromatic heterocycles. The average Bonchev–Trinajstić information content (AvgIpc) is 3.02. The van der Waals surface area contributed by atoms with Crippen LogP contribution in [0, 0.1) is 6.42 Å². The van der Waals surface area contributed by atoms with Gasteiger partial charge in [0.05, 0.1) is 9.85 Å². The van der Waals surface area contributed by atoms with Crippen LogP contribution in [0.5, 0.6) is 0 Å². The molecule has 127 valence electrons. The molecule has 0 aliphatic heterocycles. The number of nitrogens with two attached hydrogens (primary N) is 1. The molecule has 2 heterocycles. The molecular formula is C19H17ClN3OS. The lowest BCUT2D eigenvalue weighted by molar-refractivity contribution is -0.113. The summed E-state index contributed by atoms with van der Waals surface area (Å²) in [5, 5.41) is 0.841. The summed E-state index contributed by atoms with van der Waals surface area (Å²) in [7, 11) is 0. The molecule has 2 N–H and O–H groups in total. The first-order chi connectivity index (χ1) is 12.1. The molecule has 3 aromatic rings. The Morgan fingerprint density at radius 2 is 2.12 bits per heavy atom. The second-order valence-corrected chi connectivity index (χ2v) is 7.25. The Kier molecular flexibility index (Phi) is 5.46. The number of nitrogens with zero attached hydrogens (tertiary/aromatic N) is 2. The van der Waals surface area contributed by atoms with Gasteiger partial charge in [-0.05, 0) is 49.6 Å². The Hall–Kier alpha value is -2.24. The van der Waals surface area contributed by atoms with Crippen molar-refractivity contribution >= 4 is 51.0 Å². The minimum Gasteiger partial charge on any atom is -0.383 e. The van der Waals surface area contributed by atoms with Crippen LogP contribution in [0.15, 0.2) is 42.7 Å². The lowest BCUT2D eigenvalue weighted by atomic mass is 10.0. The molecule has 0 saturated heterocycles. The number of hydrogen-bond donors (Lipinski definition) is 1.